The lowest BCUT2D eigenvalue weighted by atomic mass is 9.98. The SMILES string of the molecule is CC(C)(C)C#C/C=C/C/C(=C\c1cccc(OCc2cc(-c3ccsc3)cs2)c1)C(=O)O. The van der Waals surface area contributed by atoms with E-state index in [1.54, 1.807) is 40.9 Å². The van der Waals surface area contributed by atoms with Gasteiger partial charge in [-0.2, -0.15) is 11.3 Å². The molecule has 0 unspecified atom stereocenters. The molecule has 0 amide bonds. The van der Waals surface area contributed by atoms with Crippen molar-refractivity contribution in [2.24, 2.45) is 5.41 Å². The third-order valence-corrected chi connectivity index (χ3v) is 5.94. The van der Waals surface area contributed by atoms with Gasteiger partial charge in [-0.05, 0) is 96.4 Å². The molecule has 0 saturated carbocycles. The van der Waals surface area contributed by atoms with Gasteiger partial charge in [0.2, 0.25) is 0 Å². The van der Waals surface area contributed by atoms with E-state index in [4.69, 9.17) is 4.74 Å². The maximum absolute atomic E-state index is 11.7. The van der Waals surface area contributed by atoms with Crippen LogP contribution in [0.15, 0.2) is 70.3 Å². The molecule has 3 rings (SSSR count). The zero-order valence-electron chi connectivity index (χ0n) is 18.4. The predicted octanol–water partition coefficient (Wildman–Crippen LogP) is 7.52. The Labute approximate surface area is 197 Å². The molecule has 0 aliphatic rings. The van der Waals surface area contributed by atoms with Crippen LogP contribution in [0.3, 0.4) is 0 Å². The molecule has 164 valence electrons. The molecular weight excluding hydrogens is 436 g/mol. The summed E-state index contributed by atoms with van der Waals surface area (Å²) in [7, 11) is 0. The Bertz CT molecular complexity index is 1160. The average Bonchev–Trinajstić information content (AvgIpc) is 3.42. The maximum Gasteiger partial charge on any atom is 0.331 e. The lowest BCUT2D eigenvalue weighted by Crippen LogP contribution is -2.00. The fourth-order valence-corrected chi connectivity index (χ4v) is 4.27. The van der Waals surface area contributed by atoms with Crippen LogP contribution in [-0.2, 0) is 11.4 Å². The van der Waals surface area contributed by atoms with E-state index in [-0.39, 0.29) is 5.41 Å². The smallest absolute Gasteiger partial charge is 0.331 e. The van der Waals surface area contributed by atoms with Gasteiger partial charge in [0.15, 0.2) is 0 Å². The highest BCUT2D eigenvalue weighted by atomic mass is 32.1. The van der Waals surface area contributed by atoms with Crippen molar-refractivity contribution in [3.8, 4) is 28.7 Å². The van der Waals surface area contributed by atoms with E-state index in [0.29, 0.717) is 24.4 Å². The highest BCUT2D eigenvalue weighted by molar-refractivity contribution is 7.10. The number of carbonyl (C=O) groups is 1. The summed E-state index contributed by atoms with van der Waals surface area (Å²) in [5.41, 5.74) is 3.45. The van der Waals surface area contributed by atoms with Gasteiger partial charge in [-0.3, -0.25) is 0 Å². The third kappa shape index (κ3) is 7.56. The normalized spacial score (nSPS) is 11.9. The molecule has 2 aromatic heterocycles. The van der Waals surface area contributed by atoms with Crippen molar-refractivity contribution in [1.29, 1.82) is 0 Å². The summed E-state index contributed by atoms with van der Waals surface area (Å²) in [6.45, 7) is 6.58. The number of hydrogen-bond acceptors (Lipinski definition) is 4. The molecule has 1 aromatic carbocycles. The van der Waals surface area contributed by atoms with E-state index in [1.165, 1.54) is 11.1 Å². The number of carboxylic acid groups (broad SMARTS) is 1. The summed E-state index contributed by atoms with van der Waals surface area (Å²) in [6, 6.07) is 11.7. The molecule has 3 nitrogen and oxygen atoms in total. The van der Waals surface area contributed by atoms with Crippen LogP contribution in [0.5, 0.6) is 5.75 Å². The lowest BCUT2D eigenvalue weighted by Gasteiger charge is -2.06. The second-order valence-corrected chi connectivity index (χ2v) is 10.1. The van der Waals surface area contributed by atoms with Gasteiger partial charge in [0, 0.05) is 15.9 Å². The maximum atomic E-state index is 11.7. The molecule has 0 saturated heterocycles. The van der Waals surface area contributed by atoms with Gasteiger partial charge in [-0.25, -0.2) is 4.79 Å². The van der Waals surface area contributed by atoms with Gasteiger partial charge >= 0.3 is 5.97 Å². The number of thiophene rings is 2. The van der Waals surface area contributed by atoms with Gasteiger partial charge in [-0.15, -0.1) is 11.3 Å². The highest BCUT2D eigenvalue weighted by Crippen LogP contribution is 2.28. The molecule has 1 N–H and O–H groups in total. The minimum Gasteiger partial charge on any atom is -0.488 e. The summed E-state index contributed by atoms with van der Waals surface area (Å²) in [5.74, 6) is 5.83. The fraction of sp³-hybridized carbons (Fsp3) is 0.222. The van der Waals surface area contributed by atoms with Crippen molar-refractivity contribution in [3.63, 3.8) is 0 Å². The molecule has 5 heteroatoms. The zero-order chi connectivity index (χ0) is 23.0. The Hall–Kier alpha value is -3.07. The van der Waals surface area contributed by atoms with E-state index < -0.39 is 5.97 Å². The minimum atomic E-state index is -0.940. The van der Waals surface area contributed by atoms with E-state index in [0.717, 1.165) is 10.4 Å². The Kier molecular flexibility index (Phi) is 8.10. The van der Waals surface area contributed by atoms with Gasteiger partial charge in [0.25, 0.3) is 0 Å². The first kappa shape index (κ1) is 23.6. The van der Waals surface area contributed by atoms with Crippen LogP contribution in [0.2, 0.25) is 0 Å². The summed E-state index contributed by atoms with van der Waals surface area (Å²) in [4.78, 5) is 12.8. The number of carboxylic acids is 1. The molecule has 3 aromatic rings. The topological polar surface area (TPSA) is 46.5 Å². The Morgan fingerprint density at radius 1 is 1.16 bits per heavy atom. The van der Waals surface area contributed by atoms with E-state index in [2.05, 4.69) is 40.1 Å². The predicted molar refractivity (Wildman–Crippen MR) is 135 cm³/mol. The number of allylic oxidation sites excluding steroid dienone is 2. The summed E-state index contributed by atoms with van der Waals surface area (Å²) in [6.07, 6.45) is 5.48. The zero-order valence-corrected chi connectivity index (χ0v) is 20.1. The van der Waals surface area contributed by atoms with Gasteiger partial charge in [-0.1, -0.05) is 30.0 Å². The monoisotopic (exact) mass is 462 g/mol. The van der Waals surface area contributed by atoms with Crippen molar-refractivity contribution in [1.82, 2.24) is 0 Å². The molecule has 0 spiro atoms. The summed E-state index contributed by atoms with van der Waals surface area (Å²) < 4.78 is 5.95. The number of rotatable bonds is 8. The van der Waals surface area contributed by atoms with E-state index >= 15 is 0 Å². The molecule has 0 aliphatic carbocycles. The van der Waals surface area contributed by atoms with E-state index in [9.17, 15) is 9.90 Å². The summed E-state index contributed by atoms with van der Waals surface area (Å²) in [5, 5.41) is 15.9. The first-order chi connectivity index (χ1) is 15.3. The van der Waals surface area contributed by atoms with Crippen LogP contribution in [0.25, 0.3) is 17.2 Å². The van der Waals surface area contributed by atoms with Crippen LogP contribution < -0.4 is 4.74 Å². The Morgan fingerprint density at radius 3 is 2.72 bits per heavy atom. The van der Waals surface area contributed by atoms with Crippen LogP contribution in [0.4, 0.5) is 0 Å². The van der Waals surface area contributed by atoms with Gasteiger partial charge < -0.3 is 9.84 Å². The average molecular weight is 463 g/mol. The van der Waals surface area contributed by atoms with Crippen LogP contribution in [0.1, 0.15) is 37.6 Å². The highest BCUT2D eigenvalue weighted by Gasteiger charge is 2.07. The molecule has 0 fully saturated rings. The van der Waals surface area contributed by atoms with Crippen molar-refractivity contribution >= 4 is 34.7 Å². The molecular formula is C27H26O3S2. The molecule has 0 aliphatic heterocycles. The molecule has 2 heterocycles. The van der Waals surface area contributed by atoms with Gasteiger partial charge in [0.05, 0.1) is 0 Å². The lowest BCUT2D eigenvalue weighted by molar-refractivity contribution is -0.132. The Morgan fingerprint density at radius 2 is 2.00 bits per heavy atom. The summed E-state index contributed by atoms with van der Waals surface area (Å²) >= 11 is 3.36. The first-order valence-corrected chi connectivity index (χ1v) is 12.1. The van der Waals surface area contributed by atoms with Crippen LogP contribution in [0, 0.1) is 17.3 Å². The van der Waals surface area contributed by atoms with Gasteiger partial charge in [0.1, 0.15) is 12.4 Å². The molecule has 32 heavy (non-hydrogen) atoms. The number of benzene rings is 1. The number of aliphatic carboxylic acids is 1. The van der Waals surface area contributed by atoms with Crippen molar-refractivity contribution < 1.29 is 14.6 Å². The molecule has 0 bridgehead atoms. The minimum absolute atomic E-state index is 0.0785. The molecule has 0 radical (unpaired) electrons. The number of hydrogen-bond donors (Lipinski definition) is 1. The van der Waals surface area contributed by atoms with Crippen LogP contribution >= 0.6 is 22.7 Å². The van der Waals surface area contributed by atoms with Crippen LogP contribution in [-0.4, -0.2) is 11.1 Å². The first-order valence-electron chi connectivity index (χ1n) is 10.2. The third-order valence-electron chi connectivity index (χ3n) is 4.35. The largest absolute Gasteiger partial charge is 0.488 e. The van der Waals surface area contributed by atoms with Crippen molar-refractivity contribution in [2.45, 2.75) is 33.8 Å². The van der Waals surface area contributed by atoms with Crippen molar-refractivity contribution in [3.05, 3.63) is 80.7 Å². The quantitative estimate of drug-likeness (QED) is 0.278. The standard InChI is InChI=1S/C27H26O3S2/c1-27(2,3)12-6-4-5-9-21(26(28)29)14-20-8-7-10-24(15-20)30-17-25-16-23(19-32-25)22-11-13-31-18-22/h4-5,7-8,10-11,13-16,18-19H,9,17H2,1-3H3,(H,28,29)/b5-4+,21-14+. The van der Waals surface area contributed by atoms with E-state index in [1.807, 2.05) is 45.0 Å². The molecule has 0 atom stereocenters. The second-order valence-electron chi connectivity index (χ2n) is 8.28. The van der Waals surface area contributed by atoms with Crippen molar-refractivity contribution in [2.75, 3.05) is 0 Å². The fourth-order valence-electron chi connectivity index (χ4n) is 2.80. The number of ether oxygens (including phenoxy) is 1. The second kappa shape index (κ2) is 11.0. The Balaban J connectivity index is 1.64.